The molecule has 43 heavy (non-hydrogen) atoms. The number of alkyl halides is 1. The second-order valence-corrected chi connectivity index (χ2v) is 9.71. The van der Waals surface area contributed by atoms with E-state index in [0.717, 1.165) is 11.0 Å². The first-order chi connectivity index (χ1) is 21.2. The molecule has 0 fully saturated rings. The van der Waals surface area contributed by atoms with Crippen molar-refractivity contribution < 1.29 is 66.8 Å². The van der Waals surface area contributed by atoms with Gasteiger partial charge in [-0.25, -0.2) is 0 Å². The molecule has 0 saturated heterocycles. The summed E-state index contributed by atoms with van der Waals surface area (Å²) in [6.07, 6.45) is 1.24. The minimum atomic E-state index is -0.862. The maximum Gasteiger partial charge on any atom is 0.305 e. The van der Waals surface area contributed by atoms with Gasteiger partial charge in [0.15, 0.2) is 0 Å². The van der Waals surface area contributed by atoms with E-state index in [1.807, 2.05) is 0 Å². The van der Waals surface area contributed by atoms with E-state index in [2.05, 4.69) is 22.6 Å². The van der Waals surface area contributed by atoms with E-state index < -0.39 is 5.97 Å². The molecule has 0 aliphatic heterocycles. The predicted octanol–water partition coefficient (Wildman–Crippen LogP) is 1.78. The molecular formula is C28H53IO14. The number of hydrogen-bond donors (Lipinski definition) is 1. The van der Waals surface area contributed by atoms with E-state index in [9.17, 15) is 9.59 Å². The van der Waals surface area contributed by atoms with Crippen LogP contribution in [0.25, 0.3) is 0 Å². The standard InChI is InChI=1S/C28H53IO14/c29-5-6-33-7-8-34-9-10-35-11-12-36-13-14-37-15-16-38-17-18-39-19-20-40-21-22-41-23-24-42-25-26-43-28(32)4-2-1-3-27(30)31/h1-26H2,(H,30,31). The topological polar surface area (TPSA) is 156 Å². The molecule has 15 heteroatoms. The Bertz CT molecular complexity index is 588. The summed E-state index contributed by atoms with van der Waals surface area (Å²) in [4.78, 5) is 21.9. The number of carboxylic acids is 1. The predicted molar refractivity (Wildman–Crippen MR) is 164 cm³/mol. The summed E-state index contributed by atoms with van der Waals surface area (Å²) in [6.45, 7) is 10.2. The third kappa shape index (κ3) is 39.2. The highest BCUT2D eigenvalue weighted by molar-refractivity contribution is 14.1. The third-order valence-corrected chi connectivity index (χ3v) is 5.52. The smallest absolute Gasteiger partial charge is 0.305 e. The van der Waals surface area contributed by atoms with Gasteiger partial charge in [-0.3, -0.25) is 9.59 Å². The zero-order valence-corrected chi connectivity index (χ0v) is 27.7. The summed E-state index contributed by atoms with van der Waals surface area (Å²) in [5, 5.41) is 8.54. The van der Waals surface area contributed by atoms with Crippen LogP contribution in [0.2, 0.25) is 0 Å². The Morgan fingerprint density at radius 3 is 0.930 bits per heavy atom. The van der Waals surface area contributed by atoms with Gasteiger partial charge in [0.2, 0.25) is 0 Å². The zero-order valence-electron chi connectivity index (χ0n) is 25.5. The van der Waals surface area contributed by atoms with E-state index in [0.29, 0.717) is 132 Å². The number of rotatable bonds is 37. The number of halogens is 1. The monoisotopic (exact) mass is 740 g/mol. The van der Waals surface area contributed by atoms with Crippen molar-refractivity contribution in [3.05, 3.63) is 0 Å². The molecule has 14 nitrogen and oxygen atoms in total. The Morgan fingerprint density at radius 1 is 0.395 bits per heavy atom. The van der Waals surface area contributed by atoms with E-state index in [1.165, 1.54) is 0 Å². The van der Waals surface area contributed by atoms with Crippen LogP contribution >= 0.6 is 22.6 Å². The normalized spacial score (nSPS) is 11.3. The quantitative estimate of drug-likeness (QED) is 0.0426. The maximum absolute atomic E-state index is 11.5. The van der Waals surface area contributed by atoms with Crippen LogP contribution in [0.3, 0.4) is 0 Å². The second kappa shape index (κ2) is 37.5. The molecule has 0 saturated carbocycles. The Morgan fingerprint density at radius 2 is 0.651 bits per heavy atom. The number of unbranched alkanes of at least 4 members (excludes halogenated alkanes) is 1. The minimum Gasteiger partial charge on any atom is -0.481 e. The SMILES string of the molecule is O=C(O)CCCCC(=O)OCCOCCOCCOCCOCCOCCOCCOCCOCCOCCOCCI. The number of carboxylic acid groups (broad SMARTS) is 1. The molecule has 0 heterocycles. The van der Waals surface area contributed by atoms with Crippen LogP contribution < -0.4 is 0 Å². The molecule has 1 N–H and O–H groups in total. The molecule has 0 atom stereocenters. The number of hydrogen-bond acceptors (Lipinski definition) is 13. The van der Waals surface area contributed by atoms with Crippen molar-refractivity contribution in [1.82, 2.24) is 0 Å². The van der Waals surface area contributed by atoms with Crippen molar-refractivity contribution >= 4 is 34.5 Å². The summed E-state index contributed by atoms with van der Waals surface area (Å²) in [7, 11) is 0. The molecular weight excluding hydrogens is 687 g/mol. The summed E-state index contributed by atoms with van der Waals surface area (Å²) in [6, 6.07) is 0. The molecule has 0 unspecified atom stereocenters. The van der Waals surface area contributed by atoms with Crippen LogP contribution in [0.1, 0.15) is 25.7 Å². The Kier molecular flexibility index (Phi) is 36.8. The number of carbonyl (C=O) groups is 2. The van der Waals surface area contributed by atoms with Crippen molar-refractivity contribution in [2.75, 3.05) is 143 Å². The maximum atomic E-state index is 11.5. The largest absolute Gasteiger partial charge is 0.481 e. The third-order valence-electron chi connectivity index (χ3n) is 5.08. The van der Waals surface area contributed by atoms with Gasteiger partial charge in [-0.2, -0.15) is 0 Å². The van der Waals surface area contributed by atoms with Gasteiger partial charge in [0.1, 0.15) is 6.61 Å². The highest BCUT2D eigenvalue weighted by atomic mass is 127. The Hall–Kier alpha value is -0.730. The number of esters is 1. The summed E-state index contributed by atoms with van der Waals surface area (Å²) in [5.74, 6) is -1.21. The molecule has 0 aliphatic carbocycles. The lowest BCUT2D eigenvalue weighted by atomic mass is 10.2. The Balaban J connectivity index is 3.09. The first kappa shape index (κ1) is 42.3. The van der Waals surface area contributed by atoms with Gasteiger partial charge < -0.3 is 57.2 Å². The Labute approximate surface area is 269 Å². The lowest BCUT2D eigenvalue weighted by Crippen LogP contribution is -2.15. The van der Waals surface area contributed by atoms with Crippen LogP contribution in [-0.4, -0.2) is 160 Å². The van der Waals surface area contributed by atoms with Gasteiger partial charge in [-0.1, -0.05) is 22.6 Å². The molecule has 0 radical (unpaired) electrons. The summed E-state index contributed by atoms with van der Waals surface area (Å²) < 4.78 is 60.1. The van der Waals surface area contributed by atoms with Gasteiger partial charge in [-0.15, -0.1) is 0 Å². The van der Waals surface area contributed by atoms with Crippen molar-refractivity contribution in [1.29, 1.82) is 0 Å². The van der Waals surface area contributed by atoms with Gasteiger partial charge in [0.05, 0.1) is 132 Å². The first-order valence-corrected chi connectivity index (χ1v) is 16.4. The van der Waals surface area contributed by atoms with Crippen molar-refractivity contribution in [2.24, 2.45) is 0 Å². The van der Waals surface area contributed by atoms with Gasteiger partial charge in [-0.05, 0) is 12.8 Å². The van der Waals surface area contributed by atoms with Crippen LogP contribution in [0.15, 0.2) is 0 Å². The van der Waals surface area contributed by atoms with Gasteiger partial charge in [0, 0.05) is 17.3 Å². The van der Waals surface area contributed by atoms with E-state index >= 15 is 0 Å². The highest BCUT2D eigenvalue weighted by Gasteiger charge is 2.04. The molecule has 0 rings (SSSR count). The fraction of sp³-hybridized carbons (Fsp3) is 0.929. The number of aliphatic carboxylic acids is 1. The van der Waals surface area contributed by atoms with Crippen LogP contribution in [0.4, 0.5) is 0 Å². The molecule has 256 valence electrons. The van der Waals surface area contributed by atoms with Crippen LogP contribution in [-0.2, 0) is 61.7 Å². The van der Waals surface area contributed by atoms with Crippen LogP contribution in [0.5, 0.6) is 0 Å². The van der Waals surface area contributed by atoms with E-state index in [-0.39, 0.29) is 32.0 Å². The van der Waals surface area contributed by atoms with E-state index in [1.54, 1.807) is 0 Å². The van der Waals surface area contributed by atoms with Crippen molar-refractivity contribution in [2.45, 2.75) is 25.7 Å². The molecule has 0 aromatic heterocycles. The zero-order chi connectivity index (χ0) is 31.3. The fourth-order valence-electron chi connectivity index (χ4n) is 2.97. The van der Waals surface area contributed by atoms with Crippen molar-refractivity contribution in [3.8, 4) is 0 Å². The minimum absolute atomic E-state index is 0.0618. The number of ether oxygens (including phenoxy) is 11. The first-order valence-electron chi connectivity index (χ1n) is 14.9. The van der Waals surface area contributed by atoms with E-state index in [4.69, 9.17) is 57.2 Å². The molecule has 0 spiro atoms. The lowest BCUT2D eigenvalue weighted by molar-refractivity contribution is -0.146. The molecule has 0 bridgehead atoms. The fourth-order valence-corrected chi connectivity index (χ4v) is 3.28. The van der Waals surface area contributed by atoms with Crippen LogP contribution in [0, 0.1) is 0 Å². The molecule has 0 aromatic carbocycles. The summed E-state index contributed by atoms with van der Waals surface area (Å²) >= 11 is 2.27. The van der Waals surface area contributed by atoms with Crippen molar-refractivity contribution in [3.63, 3.8) is 0 Å². The molecule has 0 amide bonds. The molecule has 0 aliphatic rings. The second-order valence-electron chi connectivity index (χ2n) is 8.63. The number of carbonyl (C=O) groups excluding carboxylic acids is 1. The average Bonchev–Trinajstić information content (AvgIpc) is 2.99. The average molecular weight is 741 g/mol. The summed E-state index contributed by atoms with van der Waals surface area (Å²) in [5.41, 5.74) is 0. The highest BCUT2D eigenvalue weighted by Crippen LogP contribution is 2.01. The van der Waals surface area contributed by atoms with Gasteiger partial charge in [0.25, 0.3) is 0 Å². The lowest BCUT2D eigenvalue weighted by Gasteiger charge is -2.09. The molecule has 0 aromatic rings. The van der Waals surface area contributed by atoms with Gasteiger partial charge >= 0.3 is 11.9 Å².